The van der Waals surface area contributed by atoms with Gasteiger partial charge in [-0.2, -0.15) is 0 Å². The molecule has 2 rings (SSSR count). The van der Waals surface area contributed by atoms with Gasteiger partial charge in [-0.25, -0.2) is 9.18 Å². The van der Waals surface area contributed by atoms with Gasteiger partial charge >= 0.3 is 6.03 Å². The molecule has 0 aromatic heterocycles. The second kappa shape index (κ2) is 7.34. The molecule has 0 atom stereocenters. The van der Waals surface area contributed by atoms with Gasteiger partial charge in [0.15, 0.2) is 0 Å². The fourth-order valence-electron chi connectivity index (χ4n) is 2.32. The third-order valence-corrected chi connectivity index (χ3v) is 3.96. The van der Waals surface area contributed by atoms with Crippen molar-refractivity contribution in [1.82, 2.24) is 5.32 Å². The van der Waals surface area contributed by atoms with E-state index < -0.39 is 0 Å². The Balaban J connectivity index is 1.91. The normalized spacial score (nSPS) is 11.0. The average molecular weight is 329 g/mol. The van der Waals surface area contributed by atoms with E-state index >= 15 is 0 Å². The van der Waals surface area contributed by atoms with Gasteiger partial charge in [0.2, 0.25) is 0 Å². The Morgan fingerprint density at radius 1 is 1.04 bits per heavy atom. The number of rotatable bonds is 5. The predicted octanol–water partition coefficient (Wildman–Crippen LogP) is 3.99. The Kier molecular flexibility index (Phi) is 5.44. The van der Waals surface area contributed by atoms with Crippen LogP contribution in [0.5, 0.6) is 0 Å². The zero-order chi connectivity index (χ0) is 17.7. The predicted molar refractivity (Wildman–Crippen MR) is 97.2 cm³/mol. The summed E-state index contributed by atoms with van der Waals surface area (Å²) in [5.74, 6) is -0.263. The molecule has 0 bridgehead atoms. The van der Waals surface area contributed by atoms with E-state index in [4.69, 9.17) is 0 Å². The molecule has 0 heterocycles. The molecule has 0 saturated carbocycles. The summed E-state index contributed by atoms with van der Waals surface area (Å²) in [4.78, 5) is 14.1. The van der Waals surface area contributed by atoms with Crippen molar-refractivity contribution in [2.45, 2.75) is 19.3 Å². The molecule has 4 nitrogen and oxygen atoms in total. The number of nitrogens with zero attached hydrogens (tertiary/aromatic N) is 1. The van der Waals surface area contributed by atoms with Crippen LogP contribution in [0.25, 0.3) is 0 Å². The average Bonchev–Trinajstić information content (AvgIpc) is 2.54. The lowest BCUT2D eigenvalue weighted by Gasteiger charge is -2.25. The molecular weight excluding hydrogens is 305 g/mol. The number of amides is 2. The SMILES string of the molecule is CN(C)c1ccc(NC(=O)NCC(C)(C)c2ccc(F)cc2)cc1. The number of anilines is 2. The minimum atomic E-state index is -0.292. The van der Waals surface area contributed by atoms with E-state index in [0.717, 1.165) is 16.9 Å². The van der Waals surface area contributed by atoms with Crippen molar-refractivity contribution >= 4 is 17.4 Å². The summed E-state index contributed by atoms with van der Waals surface area (Å²) in [5, 5.41) is 5.68. The van der Waals surface area contributed by atoms with Gasteiger partial charge in [-0.3, -0.25) is 0 Å². The maximum absolute atomic E-state index is 13.0. The Hall–Kier alpha value is -2.56. The zero-order valence-corrected chi connectivity index (χ0v) is 14.6. The van der Waals surface area contributed by atoms with Crippen molar-refractivity contribution in [2.24, 2.45) is 0 Å². The lowest BCUT2D eigenvalue weighted by atomic mass is 9.84. The summed E-state index contributed by atoms with van der Waals surface area (Å²) >= 11 is 0. The summed E-state index contributed by atoms with van der Waals surface area (Å²) < 4.78 is 13.0. The van der Waals surface area contributed by atoms with Crippen LogP contribution in [0.1, 0.15) is 19.4 Å². The smallest absolute Gasteiger partial charge is 0.319 e. The van der Waals surface area contributed by atoms with Crippen LogP contribution in [0.15, 0.2) is 48.5 Å². The van der Waals surface area contributed by atoms with E-state index in [0.29, 0.717) is 6.54 Å². The van der Waals surface area contributed by atoms with Gasteiger partial charge in [-0.05, 0) is 42.0 Å². The molecular formula is C19H24FN3O. The molecule has 128 valence electrons. The molecule has 0 aliphatic rings. The van der Waals surface area contributed by atoms with Crippen LogP contribution in [0.4, 0.5) is 20.6 Å². The molecule has 0 aliphatic carbocycles. The number of carbonyl (C=O) groups excluding carboxylic acids is 1. The monoisotopic (exact) mass is 329 g/mol. The van der Waals surface area contributed by atoms with Crippen LogP contribution in [0.3, 0.4) is 0 Å². The Morgan fingerprint density at radius 3 is 2.17 bits per heavy atom. The summed E-state index contributed by atoms with van der Waals surface area (Å²) in [6.07, 6.45) is 0. The van der Waals surface area contributed by atoms with Gasteiger partial charge < -0.3 is 15.5 Å². The van der Waals surface area contributed by atoms with Crippen molar-refractivity contribution in [1.29, 1.82) is 0 Å². The highest BCUT2D eigenvalue weighted by atomic mass is 19.1. The van der Waals surface area contributed by atoms with Gasteiger partial charge in [0, 0.05) is 37.4 Å². The molecule has 0 unspecified atom stereocenters. The number of halogens is 1. The molecule has 0 aliphatic heterocycles. The van der Waals surface area contributed by atoms with Crippen molar-refractivity contribution in [2.75, 3.05) is 30.9 Å². The van der Waals surface area contributed by atoms with E-state index in [-0.39, 0.29) is 17.3 Å². The molecule has 0 fully saturated rings. The third-order valence-electron chi connectivity index (χ3n) is 3.96. The lowest BCUT2D eigenvalue weighted by Crippen LogP contribution is -2.38. The number of nitrogens with one attached hydrogen (secondary N) is 2. The number of hydrogen-bond acceptors (Lipinski definition) is 2. The molecule has 2 aromatic rings. The minimum absolute atomic E-state index is 0.261. The molecule has 0 saturated heterocycles. The summed E-state index contributed by atoms with van der Waals surface area (Å²) in [7, 11) is 3.93. The topological polar surface area (TPSA) is 44.4 Å². The summed E-state index contributed by atoms with van der Waals surface area (Å²) in [6, 6.07) is 13.7. The van der Waals surface area contributed by atoms with Gasteiger partial charge in [0.25, 0.3) is 0 Å². The standard InChI is InChI=1S/C19H24FN3O/c1-19(2,14-5-7-15(20)8-6-14)13-21-18(24)22-16-9-11-17(12-10-16)23(3)4/h5-12H,13H2,1-4H3,(H2,21,22,24). The molecule has 0 spiro atoms. The third kappa shape index (κ3) is 4.72. The van der Waals surface area contributed by atoms with Crippen LogP contribution in [-0.4, -0.2) is 26.7 Å². The Labute approximate surface area is 142 Å². The van der Waals surface area contributed by atoms with E-state index in [2.05, 4.69) is 10.6 Å². The number of urea groups is 1. The van der Waals surface area contributed by atoms with E-state index in [1.54, 1.807) is 12.1 Å². The van der Waals surface area contributed by atoms with Gasteiger partial charge in [0.05, 0.1) is 0 Å². The molecule has 24 heavy (non-hydrogen) atoms. The zero-order valence-electron chi connectivity index (χ0n) is 14.6. The molecule has 5 heteroatoms. The second-order valence-corrected chi connectivity index (χ2v) is 6.64. The van der Waals surface area contributed by atoms with Gasteiger partial charge in [-0.15, -0.1) is 0 Å². The molecule has 0 radical (unpaired) electrons. The quantitative estimate of drug-likeness (QED) is 0.871. The fourth-order valence-corrected chi connectivity index (χ4v) is 2.32. The van der Waals surface area contributed by atoms with Gasteiger partial charge in [-0.1, -0.05) is 26.0 Å². The molecule has 2 N–H and O–H groups in total. The molecule has 2 amide bonds. The van der Waals surface area contributed by atoms with E-state index in [1.807, 2.05) is 57.1 Å². The first-order valence-corrected chi connectivity index (χ1v) is 7.86. The van der Waals surface area contributed by atoms with Crippen molar-refractivity contribution in [3.05, 3.63) is 59.9 Å². The van der Waals surface area contributed by atoms with Crippen molar-refractivity contribution < 1.29 is 9.18 Å². The number of benzene rings is 2. The second-order valence-electron chi connectivity index (χ2n) is 6.64. The largest absolute Gasteiger partial charge is 0.378 e. The number of hydrogen-bond donors (Lipinski definition) is 2. The maximum Gasteiger partial charge on any atom is 0.319 e. The summed E-state index contributed by atoms with van der Waals surface area (Å²) in [6.45, 7) is 4.46. The van der Waals surface area contributed by atoms with Crippen LogP contribution in [0.2, 0.25) is 0 Å². The first kappa shape index (κ1) is 17.8. The highest BCUT2D eigenvalue weighted by Crippen LogP contribution is 2.22. The lowest BCUT2D eigenvalue weighted by molar-refractivity contribution is 0.249. The highest BCUT2D eigenvalue weighted by molar-refractivity contribution is 5.89. The van der Waals surface area contributed by atoms with Crippen LogP contribution < -0.4 is 15.5 Å². The first-order chi connectivity index (χ1) is 11.3. The Morgan fingerprint density at radius 2 is 1.62 bits per heavy atom. The highest BCUT2D eigenvalue weighted by Gasteiger charge is 2.21. The van der Waals surface area contributed by atoms with E-state index in [1.165, 1.54) is 12.1 Å². The van der Waals surface area contributed by atoms with Crippen LogP contribution in [-0.2, 0) is 5.41 Å². The maximum atomic E-state index is 13.0. The fraction of sp³-hybridized carbons (Fsp3) is 0.316. The van der Waals surface area contributed by atoms with Crippen LogP contribution >= 0.6 is 0 Å². The van der Waals surface area contributed by atoms with Crippen molar-refractivity contribution in [3.63, 3.8) is 0 Å². The van der Waals surface area contributed by atoms with Gasteiger partial charge in [0.1, 0.15) is 5.82 Å². The Bertz CT molecular complexity index is 679. The number of carbonyl (C=O) groups is 1. The van der Waals surface area contributed by atoms with Crippen LogP contribution in [0, 0.1) is 5.82 Å². The first-order valence-electron chi connectivity index (χ1n) is 7.86. The minimum Gasteiger partial charge on any atom is -0.378 e. The summed E-state index contributed by atoms with van der Waals surface area (Å²) in [5.41, 5.74) is 2.48. The van der Waals surface area contributed by atoms with E-state index in [9.17, 15) is 9.18 Å². The molecule has 2 aromatic carbocycles. The van der Waals surface area contributed by atoms with Crippen molar-refractivity contribution in [3.8, 4) is 0 Å².